The Bertz CT molecular complexity index is 816. The summed E-state index contributed by atoms with van der Waals surface area (Å²) >= 11 is 1.24. The lowest BCUT2D eigenvalue weighted by Crippen LogP contribution is -1.92. The molecule has 23 heavy (non-hydrogen) atoms. The monoisotopic (exact) mass is 329 g/mol. The van der Waals surface area contributed by atoms with E-state index < -0.39 is 11.6 Å². The Morgan fingerprint density at radius 1 is 1.00 bits per heavy atom. The lowest BCUT2D eigenvalue weighted by molar-refractivity contribution is 0.502. The zero-order valence-electron chi connectivity index (χ0n) is 12.0. The molecule has 3 aromatic rings. The summed E-state index contributed by atoms with van der Waals surface area (Å²) in [5.74, 6) is -0.788. The number of benzene rings is 2. The van der Waals surface area contributed by atoms with E-state index >= 15 is 0 Å². The quantitative estimate of drug-likeness (QED) is 0.699. The molecule has 1 aromatic heterocycles. The second kappa shape index (κ2) is 7.19. The summed E-state index contributed by atoms with van der Waals surface area (Å²) in [6.07, 6.45) is 3.73. The number of hydrogen-bond donors (Lipinski definition) is 1. The van der Waals surface area contributed by atoms with Crippen molar-refractivity contribution in [2.24, 2.45) is 0 Å². The van der Waals surface area contributed by atoms with Gasteiger partial charge in [-0.2, -0.15) is 0 Å². The van der Waals surface area contributed by atoms with Gasteiger partial charge in [0.05, 0.1) is 0 Å². The first kappa shape index (κ1) is 15.4. The van der Waals surface area contributed by atoms with Crippen LogP contribution in [0.5, 0.6) is 0 Å². The number of rotatable bonds is 5. The Kier molecular flexibility index (Phi) is 4.83. The van der Waals surface area contributed by atoms with E-state index in [9.17, 15) is 8.78 Å². The molecule has 3 nitrogen and oxygen atoms in total. The van der Waals surface area contributed by atoms with Gasteiger partial charge >= 0.3 is 0 Å². The molecule has 6 heteroatoms. The van der Waals surface area contributed by atoms with Crippen molar-refractivity contribution >= 4 is 23.9 Å². The molecule has 0 radical (unpaired) electrons. The fraction of sp³-hybridized carbons (Fsp3) is 0.0588. The smallest absolute Gasteiger partial charge is 0.209 e. The van der Waals surface area contributed by atoms with Crippen molar-refractivity contribution in [3.05, 3.63) is 77.1 Å². The van der Waals surface area contributed by atoms with Gasteiger partial charge in [0.2, 0.25) is 5.16 Å². The number of nitrogens with zero attached hydrogens (tertiary/aromatic N) is 2. The normalized spacial score (nSPS) is 11.2. The molecule has 0 aliphatic carbocycles. The number of nitrogens with one attached hydrogen (secondary N) is 1. The molecule has 0 fully saturated rings. The highest BCUT2D eigenvalue weighted by Gasteiger charge is 2.09. The minimum absolute atomic E-state index is 0.267. The van der Waals surface area contributed by atoms with Crippen molar-refractivity contribution in [3.63, 3.8) is 0 Å². The molecule has 0 atom stereocenters. The molecule has 3 rings (SSSR count). The molecule has 1 heterocycles. The number of aromatic nitrogens is 3. The predicted molar refractivity (Wildman–Crippen MR) is 87.7 cm³/mol. The van der Waals surface area contributed by atoms with E-state index in [0.29, 0.717) is 16.5 Å². The van der Waals surface area contributed by atoms with Crippen molar-refractivity contribution in [2.45, 2.75) is 10.9 Å². The molecule has 116 valence electrons. The molecule has 0 aliphatic heterocycles. The Hall–Kier alpha value is -2.47. The summed E-state index contributed by atoms with van der Waals surface area (Å²) in [7, 11) is 0. The van der Waals surface area contributed by atoms with E-state index in [1.807, 2.05) is 42.5 Å². The molecule has 0 aliphatic rings. The Balaban J connectivity index is 1.63. The Labute approximate surface area is 136 Å². The van der Waals surface area contributed by atoms with Gasteiger partial charge in [0.1, 0.15) is 5.82 Å². The highest BCUT2D eigenvalue weighted by molar-refractivity contribution is 7.98. The van der Waals surface area contributed by atoms with Gasteiger partial charge in [-0.25, -0.2) is 13.8 Å². The van der Waals surface area contributed by atoms with E-state index in [2.05, 4.69) is 15.2 Å². The van der Waals surface area contributed by atoms with Crippen LogP contribution in [0.3, 0.4) is 0 Å². The van der Waals surface area contributed by atoms with Crippen LogP contribution in [0.25, 0.3) is 12.2 Å². The fourth-order valence-electron chi connectivity index (χ4n) is 1.94. The van der Waals surface area contributed by atoms with Crippen molar-refractivity contribution in [2.75, 3.05) is 0 Å². The van der Waals surface area contributed by atoms with Crippen molar-refractivity contribution < 1.29 is 8.78 Å². The minimum Gasteiger partial charge on any atom is -0.259 e. The predicted octanol–water partition coefficient (Wildman–Crippen LogP) is 4.55. The lowest BCUT2D eigenvalue weighted by atomic mass is 10.2. The van der Waals surface area contributed by atoms with Crippen LogP contribution in [-0.4, -0.2) is 15.2 Å². The van der Waals surface area contributed by atoms with Gasteiger partial charge < -0.3 is 0 Å². The summed E-state index contributed by atoms with van der Waals surface area (Å²) in [5.41, 5.74) is 1.35. The Morgan fingerprint density at radius 3 is 2.65 bits per heavy atom. The van der Waals surface area contributed by atoms with Crippen LogP contribution >= 0.6 is 11.8 Å². The van der Waals surface area contributed by atoms with Gasteiger partial charge in [-0.1, -0.05) is 60.3 Å². The van der Waals surface area contributed by atoms with E-state index in [-0.39, 0.29) is 5.75 Å². The van der Waals surface area contributed by atoms with Crippen molar-refractivity contribution in [1.82, 2.24) is 15.2 Å². The average molecular weight is 329 g/mol. The van der Waals surface area contributed by atoms with Crippen molar-refractivity contribution in [3.8, 4) is 0 Å². The van der Waals surface area contributed by atoms with E-state index in [0.717, 1.165) is 11.6 Å². The lowest BCUT2D eigenvalue weighted by Gasteiger charge is -2.01. The van der Waals surface area contributed by atoms with Crippen LogP contribution in [-0.2, 0) is 5.75 Å². The molecule has 2 aromatic carbocycles. The summed E-state index contributed by atoms with van der Waals surface area (Å²) in [6.45, 7) is 0. The molecule has 0 saturated heterocycles. The first-order valence-corrected chi connectivity index (χ1v) is 7.92. The van der Waals surface area contributed by atoms with Crippen LogP contribution in [0.15, 0.2) is 53.7 Å². The summed E-state index contributed by atoms with van der Waals surface area (Å²) in [5, 5.41) is 7.34. The van der Waals surface area contributed by atoms with Crippen LogP contribution in [0.4, 0.5) is 8.78 Å². The van der Waals surface area contributed by atoms with Crippen LogP contribution in [0, 0.1) is 11.6 Å². The third kappa shape index (κ3) is 4.04. The van der Waals surface area contributed by atoms with Gasteiger partial charge in [-0.15, -0.1) is 5.10 Å². The van der Waals surface area contributed by atoms with Crippen LogP contribution in [0.1, 0.15) is 17.0 Å². The van der Waals surface area contributed by atoms with Crippen LogP contribution in [0.2, 0.25) is 0 Å². The van der Waals surface area contributed by atoms with Gasteiger partial charge in [-0.3, -0.25) is 5.10 Å². The molecule has 0 bridgehead atoms. The number of halogens is 2. The summed E-state index contributed by atoms with van der Waals surface area (Å²) < 4.78 is 26.7. The second-order valence-corrected chi connectivity index (χ2v) is 5.69. The van der Waals surface area contributed by atoms with Crippen molar-refractivity contribution in [1.29, 1.82) is 0 Å². The van der Waals surface area contributed by atoms with Gasteiger partial charge in [0, 0.05) is 11.3 Å². The SMILES string of the molecule is Fc1cccc(CSc2n[nH]c(/C=C/c3ccccc3)n2)c1F. The summed E-state index contributed by atoms with van der Waals surface area (Å²) in [4.78, 5) is 4.29. The maximum absolute atomic E-state index is 13.6. The molecular weight excluding hydrogens is 316 g/mol. The number of H-pyrrole nitrogens is 1. The van der Waals surface area contributed by atoms with Gasteiger partial charge in [0.15, 0.2) is 11.6 Å². The highest BCUT2D eigenvalue weighted by Crippen LogP contribution is 2.22. The van der Waals surface area contributed by atoms with Gasteiger partial charge in [-0.05, 0) is 17.7 Å². The second-order valence-electron chi connectivity index (χ2n) is 4.75. The zero-order valence-corrected chi connectivity index (χ0v) is 12.9. The topological polar surface area (TPSA) is 41.6 Å². The molecule has 0 spiro atoms. The Morgan fingerprint density at radius 2 is 1.83 bits per heavy atom. The largest absolute Gasteiger partial charge is 0.259 e. The van der Waals surface area contributed by atoms with E-state index in [4.69, 9.17) is 0 Å². The molecular formula is C17H13F2N3S. The molecule has 1 N–H and O–H groups in total. The minimum atomic E-state index is -0.843. The third-order valence-corrected chi connectivity index (χ3v) is 4.00. The number of aromatic amines is 1. The standard InChI is InChI=1S/C17H13F2N3S/c18-14-8-4-7-13(16(14)19)11-23-17-20-15(21-22-17)10-9-12-5-2-1-3-6-12/h1-10H,11H2,(H,20,21,22)/b10-9+. The van der Waals surface area contributed by atoms with E-state index in [1.54, 1.807) is 6.07 Å². The summed E-state index contributed by atoms with van der Waals surface area (Å²) in [6, 6.07) is 14.0. The maximum Gasteiger partial charge on any atom is 0.209 e. The van der Waals surface area contributed by atoms with E-state index in [1.165, 1.54) is 17.8 Å². The maximum atomic E-state index is 13.6. The molecule has 0 saturated carbocycles. The molecule has 0 unspecified atom stereocenters. The number of thioether (sulfide) groups is 1. The number of hydrogen-bond acceptors (Lipinski definition) is 3. The zero-order chi connectivity index (χ0) is 16.1. The third-order valence-electron chi connectivity index (χ3n) is 3.10. The van der Waals surface area contributed by atoms with Crippen LogP contribution < -0.4 is 0 Å². The van der Waals surface area contributed by atoms with Gasteiger partial charge in [0.25, 0.3) is 0 Å². The molecule has 0 amide bonds. The first-order valence-electron chi connectivity index (χ1n) is 6.93. The first-order chi connectivity index (χ1) is 11.2. The highest BCUT2D eigenvalue weighted by atomic mass is 32.2. The fourth-order valence-corrected chi connectivity index (χ4v) is 2.72. The average Bonchev–Trinajstić information content (AvgIpc) is 3.03.